The molecule has 0 spiro atoms. The minimum atomic E-state index is -0.683. The van der Waals surface area contributed by atoms with Crippen LogP contribution in [-0.4, -0.2) is 68.9 Å². The molecule has 2 saturated carbocycles. The van der Waals surface area contributed by atoms with Gasteiger partial charge in [-0.15, -0.1) is 0 Å². The molecule has 9 heteroatoms. The maximum absolute atomic E-state index is 10.8. The normalized spacial score (nSPS) is 24.0. The second-order valence-electron chi connectivity index (χ2n) is 10.5. The molecule has 186 valence electrons. The lowest BCUT2D eigenvalue weighted by Gasteiger charge is -2.40. The first-order valence-corrected chi connectivity index (χ1v) is 12.9. The first-order valence-electron chi connectivity index (χ1n) is 12.9. The Labute approximate surface area is 205 Å². The predicted molar refractivity (Wildman–Crippen MR) is 135 cm³/mol. The zero-order valence-electron chi connectivity index (χ0n) is 20.5. The van der Waals surface area contributed by atoms with Gasteiger partial charge in [0.15, 0.2) is 0 Å². The van der Waals surface area contributed by atoms with Gasteiger partial charge in [0.1, 0.15) is 17.7 Å². The second-order valence-corrected chi connectivity index (χ2v) is 10.5. The Hall–Kier alpha value is -2.59. The van der Waals surface area contributed by atoms with Crippen molar-refractivity contribution in [2.75, 3.05) is 32.5 Å². The summed E-state index contributed by atoms with van der Waals surface area (Å²) in [5.41, 5.74) is 3.00. The van der Waals surface area contributed by atoms with Gasteiger partial charge in [-0.25, -0.2) is 9.97 Å². The Kier molecular flexibility index (Phi) is 6.18. The van der Waals surface area contributed by atoms with Crippen molar-refractivity contribution in [1.29, 1.82) is 0 Å². The SMILES string of the molecule is CN(C)C(O)c1cc2cnc(Nc3ccc(C4CC(OC5CNC5)C4)cn3)nc2n1C1CCCC1. The van der Waals surface area contributed by atoms with Gasteiger partial charge < -0.3 is 25.0 Å². The van der Waals surface area contributed by atoms with Crippen LogP contribution in [0.2, 0.25) is 0 Å². The number of pyridine rings is 1. The molecule has 3 aromatic heterocycles. The van der Waals surface area contributed by atoms with Gasteiger partial charge in [0, 0.05) is 36.9 Å². The summed E-state index contributed by atoms with van der Waals surface area (Å²) in [7, 11) is 3.77. The van der Waals surface area contributed by atoms with Crippen molar-refractivity contribution in [3.63, 3.8) is 0 Å². The first-order chi connectivity index (χ1) is 17.0. The molecule has 2 aliphatic carbocycles. The maximum Gasteiger partial charge on any atom is 0.230 e. The van der Waals surface area contributed by atoms with E-state index >= 15 is 0 Å². The molecule has 0 amide bonds. The average Bonchev–Trinajstić information content (AvgIpc) is 3.44. The molecule has 1 aliphatic heterocycles. The summed E-state index contributed by atoms with van der Waals surface area (Å²) >= 11 is 0. The van der Waals surface area contributed by atoms with Crippen molar-refractivity contribution >= 4 is 22.8 Å². The molecule has 3 aliphatic rings. The highest BCUT2D eigenvalue weighted by Gasteiger charge is 2.34. The van der Waals surface area contributed by atoms with E-state index in [1.807, 2.05) is 43.5 Å². The number of aliphatic hydroxyl groups is 1. The van der Waals surface area contributed by atoms with E-state index in [1.54, 1.807) is 0 Å². The van der Waals surface area contributed by atoms with Crippen LogP contribution in [0.1, 0.15) is 68.0 Å². The van der Waals surface area contributed by atoms with Gasteiger partial charge in [-0.1, -0.05) is 18.9 Å². The van der Waals surface area contributed by atoms with Gasteiger partial charge in [0.05, 0.1) is 17.9 Å². The van der Waals surface area contributed by atoms with Crippen molar-refractivity contribution in [1.82, 2.24) is 29.7 Å². The third-order valence-electron chi connectivity index (χ3n) is 7.77. The van der Waals surface area contributed by atoms with Crippen molar-refractivity contribution in [2.24, 2.45) is 0 Å². The molecule has 4 heterocycles. The number of hydrogen-bond donors (Lipinski definition) is 3. The van der Waals surface area contributed by atoms with E-state index in [0.717, 1.165) is 61.3 Å². The van der Waals surface area contributed by atoms with Crippen LogP contribution in [0.5, 0.6) is 0 Å². The number of nitrogens with one attached hydrogen (secondary N) is 2. The monoisotopic (exact) mass is 477 g/mol. The number of aliphatic hydroxyl groups excluding tert-OH is 1. The fourth-order valence-corrected chi connectivity index (χ4v) is 5.51. The maximum atomic E-state index is 10.8. The lowest BCUT2D eigenvalue weighted by Crippen LogP contribution is -2.51. The number of nitrogens with zero attached hydrogens (tertiary/aromatic N) is 5. The van der Waals surface area contributed by atoms with E-state index in [1.165, 1.54) is 18.4 Å². The number of anilines is 2. The molecule has 3 fully saturated rings. The van der Waals surface area contributed by atoms with E-state index in [9.17, 15) is 5.11 Å². The van der Waals surface area contributed by atoms with Crippen LogP contribution in [0.4, 0.5) is 11.8 Å². The van der Waals surface area contributed by atoms with Gasteiger partial charge in [-0.3, -0.25) is 4.90 Å². The largest absolute Gasteiger partial charge is 0.373 e. The van der Waals surface area contributed by atoms with E-state index in [2.05, 4.69) is 31.2 Å². The number of hydrogen-bond acceptors (Lipinski definition) is 8. The Balaban J connectivity index is 1.18. The molecule has 1 unspecified atom stereocenters. The molecule has 0 bridgehead atoms. The molecule has 3 aromatic rings. The lowest BCUT2D eigenvalue weighted by atomic mass is 9.78. The van der Waals surface area contributed by atoms with Crippen LogP contribution in [-0.2, 0) is 4.74 Å². The molecule has 0 radical (unpaired) electrons. The minimum Gasteiger partial charge on any atom is -0.373 e. The van der Waals surface area contributed by atoms with Crippen LogP contribution in [0.3, 0.4) is 0 Å². The van der Waals surface area contributed by atoms with Crippen LogP contribution < -0.4 is 10.6 Å². The Morgan fingerprint density at radius 3 is 2.57 bits per heavy atom. The summed E-state index contributed by atoms with van der Waals surface area (Å²) in [6.45, 7) is 1.97. The zero-order valence-corrected chi connectivity index (χ0v) is 20.5. The fraction of sp³-hybridized carbons (Fsp3) is 0.577. The lowest BCUT2D eigenvalue weighted by molar-refractivity contribution is -0.0788. The van der Waals surface area contributed by atoms with E-state index in [4.69, 9.17) is 9.72 Å². The Morgan fingerprint density at radius 1 is 1.11 bits per heavy atom. The van der Waals surface area contributed by atoms with Crippen LogP contribution in [0.15, 0.2) is 30.6 Å². The quantitative estimate of drug-likeness (QED) is 0.424. The molecule has 6 rings (SSSR count). The van der Waals surface area contributed by atoms with Gasteiger partial charge in [0.25, 0.3) is 0 Å². The molecule has 3 N–H and O–H groups in total. The van der Waals surface area contributed by atoms with Crippen molar-refractivity contribution < 1.29 is 9.84 Å². The minimum absolute atomic E-state index is 0.355. The van der Waals surface area contributed by atoms with E-state index < -0.39 is 6.23 Å². The highest BCUT2D eigenvalue weighted by molar-refractivity contribution is 5.78. The van der Waals surface area contributed by atoms with Gasteiger partial charge in [0.2, 0.25) is 5.95 Å². The van der Waals surface area contributed by atoms with E-state index in [0.29, 0.717) is 30.1 Å². The third-order valence-corrected chi connectivity index (χ3v) is 7.77. The molecule has 0 aromatic carbocycles. The van der Waals surface area contributed by atoms with Crippen molar-refractivity contribution in [3.8, 4) is 0 Å². The summed E-state index contributed by atoms with van der Waals surface area (Å²) in [5.74, 6) is 1.78. The highest BCUT2D eigenvalue weighted by Crippen LogP contribution is 2.40. The first kappa shape index (κ1) is 22.8. The van der Waals surface area contributed by atoms with Crippen molar-refractivity contribution in [3.05, 3.63) is 41.9 Å². The molecular formula is C26H35N7O2. The summed E-state index contributed by atoms with van der Waals surface area (Å²) in [5, 5.41) is 18.3. The molecule has 9 nitrogen and oxygen atoms in total. The molecule has 1 saturated heterocycles. The van der Waals surface area contributed by atoms with Gasteiger partial charge in [-0.05, 0) is 63.4 Å². The number of rotatable bonds is 8. The van der Waals surface area contributed by atoms with Crippen LogP contribution >= 0.6 is 0 Å². The fourth-order valence-electron chi connectivity index (χ4n) is 5.51. The topological polar surface area (TPSA) is 100 Å². The third kappa shape index (κ3) is 4.53. The summed E-state index contributed by atoms with van der Waals surface area (Å²) < 4.78 is 8.28. The number of aromatic nitrogens is 4. The summed E-state index contributed by atoms with van der Waals surface area (Å²) in [6.07, 6.45) is 10.7. The summed E-state index contributed by atoms with van der Waals surface area (Å²) in [6, 6.07) is 6.52. The molecule has 1 atom stereocenters. The number of ether oxygens (including phenoxy) is 1. The average molecular weight is 478 g/mol. The summed E-state index contributed by atoms with van der Waals surface area (Å²) in [4.78, 5) is 15.8. The Morgan fingerprint density at radius 2 is 1.91 bits per heavy atom. The van der Waals surface area contributed by atoms with Gasteiger partial charge >= 0.3 is 0 Å². The zero-order chi connectivity index (χ0) is 23.9. The second kappa shape index (κ2) is 9.46. The predicted octanol–water partition coefficient (Wildman–Crippen LogP) is 3.47. The highest BCUT2D eigenvalue weighted by atomic mass is 16.5. The van der Waals surface area contributed by atoms with E-state index in [-0.39, 0.29) is 0 Å². The number of fused-ring (bicyclic) bond motifs is 1. The van der Waals surface area contributed by atoms with Gasteiger partial charge in [-0.2, -0.15) is 4.98 Å². The molecular weight excluding hydrogens is 442 g/mol. The Bertz CT molecular complexity index is 1160. The van der Waals surface area contributed by atoms with Crippen LogP contribution in [0.25, 0.3) is 11.0 Å². The smallest absolute Gasteiger partial charge is 0.230 e. The van der Waals surface area contributed by atoms with Crippen molar-refractivity contribution in [2.45, 2.75) is 68.9 Å². The molecule has 35 heavy (non-hydrogen) atoms. The van der Waals surface area contributed by atoms with Crippen LogP contribution in [0, 0.1) is 0 Å². The standard InChI is InChI=1S/C26H35N7O2/c1-32(2)25(34)22-11-18-13-29-26(31-24(18)33(22)19-5-3-4-6-19)30-23-8-7-16(12-28-23)17-9-20(10-17)35-21-14-27-15-21/h7-8,11-13,17,19-21,25,27,34H,3-6,9-10,14-15H2,1-2H3,(H,28,29,30,31).